The second kappa shape index (κ2) is 5.37. The smallest absolute Gasteiger partial charge is 0.323 e. The normalized spacial score (nSPS) is 17.9. The minimum absolute atomic E-state index is 0.131. The number of rotatable bonds is 6. The highest BCUT2D eigenvalue weighted by atomic mass is 19.3. The minimum atomic E-state index is -2.42. The maximum Gasteiger partial charge on any atom is 0.323 e. The Labute approximate surface area is 88.0 Å². The number of carbonyl (C=O) groups is 1. The molecular weight excluding hydrogens is 206 g/mol. The third-order valence-corrected chi connectivity index (χ3v) is 2.39. The highest BCUT2D eigenvalue weighted by Gasteiger charge is 2.31. The minimum Gasteiger partial charge on any atom is -0.480 e. The number of nitrogens with two attached hydrogens (primary N) is 1. The van der Waals surface area contributed by atoms with Gasteiger partial charge in [-0.25, -0.2) is 8.78 Å². The summed E-state index contributed by atoms with van der Waals surface area (Å²) < 4.78 is 24.1. The van der Waals surface area contributed by atoms with E-state index < -0.39 is 17.9 Å². The van der Waals surface area contributed by atoms with Crippen LogP contribution in [0.5, 0.6) is 0 Å². The van der Waals surface area contributed by atoms with Crippen LogP contribution in [0, 0.1) is 0 Å². The zero-order valence-corrected chi connectivity index (χ0v) is 9.20. The summed E-state index contributed by atoms with van der Waals surface area (Å²) in [5.74, 6) is -1.13. The number of carboxylic acid groups (broad SMARTS) is 1. The lowest BCUT2D eigenvalue weighted by Crippen LogP contribution is -2.50. The SMILES string of the molecule is CC(CC(C)(N)C(=O)O)N(C)CC(F)F. The van der Waals surface area contributed by atoms with Crippen molar-refractivity contribution in [1.29, 1.82) is 0 Å². The summed E-state index contributed by atoms with van der Waals surface area (Å²) in [6.45, 7) is 2.68. The molecule has 15 heavy (non-hydrogen) atoms. The number of aliphatic carboxylic acids is 1. The van der Waals surface area contributed by atoms with Crippen molar-refractivity contribution in [3.63, 3.8) is 0 Å². The predicted molar refractivity (Wildman–Crippen MR) is 52.9 cm³/mol. The van der Waals surface area contributed by atoms with Gasteiger partial charge in [-0.3, -0.25) is 9.69 Å². The molecule has 0 aliphatic rings. The molecule has 0 aromatic rings. The lowest BCUT2D eigenvalue weighted by molar-refractivity contribution is -0.143. The van der Waals surface area contributed by atoms with E-state index in [0.717, 1.165) is 0 Å². The van der Waals surface area contributed by atoms with Gasteiger partial charge < -0.3 is 10.8 Å². The molecule has 0 amide bonds. The maximum absolute atomic E-state index is 12.0. The van der Waals surface area contributed by atoms with Gasteiger partial charge in [0.25, 0.3) is 6.43 Å². The van der Waals surface area contributed by atoms with Gasteiger partial charge in [0.05, 0.1) is 6.54 Å². The topological polar surface area (TPSA) is 66.6 Å². The zero-order valence-electron chi connectivity index (χ0n) is 9.20. The van der Waals surface area contributed by atoms with Crippen molar-refractivity contribution in [3.8, 4) is 0 Å². The summed E-state index contributed by atoms with van der Waals surface area (Å²) in [5.41, 5.74) is 4.14. The monoisotopic (exact) mass is 224 g/mol. The summed E-state index contributed by atoms with van der Waals surface area (Å²) in [4.78, 5) is 12.1. The number of halogens is 2. The molecule has 0 rings (SSSR count). The first kappa shape index (κ1) is 14.2. The van der Waals surface area contributed by atoms with Gasteiger partial charge >= 0.3 is 5.97 Å². The molecule has 0 bridgehead atoms. The lowest BCUT2D eigenvalue weighted by Gasteiger charge is -2.29. The third kappa shape index (κ3) is 5.03. The highest BCUT2D eigenvalue weighted by molar-refractivity contribution is 5.77. The summed E-state index contributed by atoms with van der Waals surface area (Å²) in [6, 6.07) is -0.301. The van der Waals surface area contributed by atoms with Crippen molar-refractivity contribution < 1.29 is 18.7 Å². The molecule has 2 atom stereocenters. The highest BCUT2D eigenvalue weighted by Crippen LogP contribution is 2.14. The molecule has 2 unspecified atom stereocenters. The van der Waals surface area contributed by atoms with Crippen LogP contribution in [0.1, 0.15) is 20.3 Å². The number of nitrogens with zero attached hydrogens (tertiary/aromatic N) is 1. The average Bonchev–Trinajstić information content (AvgIpc) is 2.01. The van der Waals surface area contributed by atoms with E-state index in [0.29, 0.717) is 0 Å². The van der Waals surface area contributed by atoms with E-state index in [4.69, 9.17) is 10.8 Å². The molecule has 0 heterocycles. The van der Waals surface area contributed by atoms with E-state index in [2.05, 4.69) is 0 Å². The van der Waals surface area contributed by atoms with Crippen molar-refractivity contribution >= 4 is 5.97 Å². The number of alkyl halides is 2. The van der Waals surface area contributed by atoms with Crippen LogP contribution in [0.3, 0.4) is 0 Å². The van der Waals surface area contributed by atoms with Crippen molar-refractivity contribution in [2.75, 3.05) is 13.6 Å². The van der Waals surface area contributed by atoms with Crippen LogP contribution in [0.2, 0.25) is 0 Å². The van der Waals surface area contributed by atoms with Crippen LogP contribution in [-0.4, -0.2) is 47.6 Å². The lowest BCUT2D eigenvalue weighted by atomic mass is 9.94. The number of hydrogen-bond acceptors (Lipinski definition) is 3. The fourth-order valence-corrected chi connectivity index (χ4v) is 1.25. The summed E-state index contributed by atoms with van der Waals surface area (Å²) >= 11 is 0. The van der Waals surface area contributed by atoms with Crippen molar-refractivity contribution in [1.82, 2.24) is 4.90 Å². The van der Waals surface area contributed by atoms with Crippen LogP contribution in [0.4, 0.5) is 8.78 Å². The Kier molecular flexibility index (Phi) is 5.10. The van der Waals surface area contributed by atoms with E-state index >= 15 is 0 Å². The fraction of sp³-hybridized carbons (Fsp3) is 0.889. The molecule has 3 N–H and O–H groups in total. The average molecular weight is 224 g/mol. The van der Waals surface area contributed by atoms with Gasteiger partial charge in [0.15, 0.2) is 0 Å². The number of carboxylic acids is 1. The van der Waals surface area contributed by atoms with Gasteiger partial charge in [0.2, 0.25) is 0 Å². The Hall–Kier alpha value is -0.750. The van der Waals surface area contributed by atoms with Crippen LogP contribution < -0.4 is 5.73 Å². The van der Waals surface area contributed by atoms with Crippen LogP contribution in [-0.2, 0) is 4.79 Å². The Morgan fingerprint density at radius 3 is 2.40 bits per heavy atom. The van der Waals surface area contributed by atoms with Crippen molar-refractivity contribution in [2.24, 2.45) is 5.73 Å². The number of hydrogen-bond donors (Lipinski definition) is 2. The van der Waals surface area contributed by atoms with Gasteiger partial charge in [-0.1, -0.05) is 0 Å². The summed E-state index contributed by atoms with van der Waals surface area (Å²) in [5, 5.41) is 8.76. The van der Waals surface area contributed by atoms with Crippen LogP contribution >= 0.6 is 0 Å². The van der Waals surface area contributed by atoms with E-state index in [1.165, 1.54) is 18.9 Å². The Morgan fingerprint density at radius 2 is 2.07 bits per heavy atom. The molecule has 6 heteroatoms. The first-order valence-corrected chi connectivity index (χ1v) is 4.67. The third-order valence-electron chi connectivity index (χ3n) is 2.39. The Morgan fingerprint density at radius 1 is 1.60 bits per heavy atom. The quantitative estimate of drug-likeness (QED) is 0.699. The zero-order chi connectivity index (χ0) is 12.2. The molecule has 0 aromatic heterocycles. The second-order valence-electron chi connectivity index (χ2n) is 4.11. The molecule has 0 aliphatic heterocycles. The standard InChI is InChI=1S/C9H18F2N2O2/c1-6(13(3)5-7(10)11)4-9(2,12)8(14)15/h6-7H,4-5,12H2,1-3H3,(H,14,15). The molecule has 0 spiro atoms. The first-order chi connectivity index (χ1) is 6.66. The maximum atomic E-state index is 12.0. The molecule has 4 nitrogen and oxygen atoms in total. The van der Waals surface area contributed by atoms with Crippen LogP contribution in [0.25, 0.3) is 0 Å². The summed E-state index contributed by atoms with van der Waals surface area (Å²) in [6.07, 6.45) is -2.29. The molecule has 0 aliphatic carbocycles. The Bertz CT molecular complexity index is 222. The van der Waals surface area contributed by atoms with Crippen molar-refractivity contribution in [3.05, 3.63) is 0 Å². The molecule has 90 valence electrons. The predicted octanol–water partition coefficient (Wildman–Crippen LogP) is 0.764. The van der Waals surface area contributed by atoms with Gasteiger partial charge in [0.1, 0.15) is 5.54 Å². The van der Waals surface area contributed by atoms with Gasteiger partial charge in [0, 0.05) is 6.04 Å². The molecule has 0 saturated heterocycles. The van der Waals surface area contributed by atoms with Gasteiger partial charge in [-0.15, -0.1) is 0 Å². The van der Waals surface area contributed by atoms with Crippen LogP contribution in [0.15, 0.2) is 0 Å². The van der Waals surface area contributed by atoms with E-state index in [1.807, 2.05) is 0 Å². The Balaban J connectivity index is 4.23. The first-order valence-electron chi connectivity index (χ1n) is 4.67. The van der Waals surface area contributed by atoms with Crippen molar-refractivity contribution in [2.45, 2.75) is 38.3 Å². The molecule has 0 aromatic carbocycles. The second-order valence-corrected chi connectivity index (χ2v) is 4.11. The van der Waals surface area contributed by atoms with E-state index in [9.17, 15) is 13.6 Å². The molecule has 0 saturated carbocycles. The molecular formula is C9H18F2N2O2. The summed E-state index contributed by atoms with van der Waals surface area (Å²) in [7, 11) is 1.52. The van der Waals surface area contributed by atoms with E-state index in [-0.39, 0.29) is 19.0 Å². The fourth-order valence-electron chi connectivity index (χ4n) is 1.25. The van der Waals surface area contributed by atoms with E-state index in [1.54, 1.807) is 6.92 Å². The largest absolute Gasteiger partial charge is 0.480 e. The van der Waals surface area contributed by atoms with Gasteiger partial charge in [-0.2, -0.15) is 0 Å². The molecule has 0 radical (unpaired) electrons. The molecule has 0 fully saturated rings. The van der Waals surface area contributed by atoms with Gasteiger partial charge in [-0.05, 0) is 27.3 Å².